The van der Waals surface area contributed by atoms with Gasteiger partial charge in [-0.1, -0.05) is 44.2 Å². The van der Waals surface area contributed by atoms with E-state index < -0.39 is 60.3 Å². The molecule has 0 bridgehead atoms. The molecule has 4 atom stereocenters. The van der Waals surface area contributed by atoms with Gasteiger partial charge in [0, 0.05) is 13.1 Å². The van der Waals surface area contributed by atoms with E-state index in [1.807, 2.05) is 44.2 Å². The van der Waals surface area contributed by atoms with E-state index in [0.29, 0.717) is 12.8 Å². The molecular weight excluding hydrogens is 598 g/mol. The summed E-state index contributed by atoms with van der Waals surface area (Å²) >= 11 is 0. The third kappa shape index (κ3) is 16.8. The number of carbonyl (C=O) groups is 5. The maximum atomic E-state index is 13.6. The molecule has 1 aromatic rings. The summed E-state index contributed by atoms with van der Waals surface area (Å²) in [6.45, 7) is 3.48. The van der Waals surface area contributed by atoms with Crippen LogP contribution in [0.3, 0.4) is 0 Å². The summed E-state index contributed by atoms with van der Waals surface area (Å²) in [5, 5.41) is 39.1. The Morgan fingerprint density at radius 3 is 1.67 bits per heavy atom. The number of carbonyl (C=O) groups excluding carboxylic acids is 4. The van der Waals surface area contributed by atoms with E-state index in [-0.39, 0.29) is 56.6 Å². The molecule has 1 rings (SSSR count). The van der Waals surface area contributed by atoms with Crippen molar-refractivity contribution in [3.8, 4) is 0 Å². The molecule has 0 spiro atoms. The third-order valence-electron chi connectivity index (χ3n) is 6.63. The lowest BCUT2D eigenvalue weighted by Crippen LogP contribution is -2.58. The largest absolute Gasteiger partial charge is 0.480 e. The highest BCUT2D eigenvalue weighted by Gasteiger charge is 2.30. The number of aliphatic carboxylic acids is 1. The Morgan fingerprint density at radius 1 is 0.739 bits per heavy atom. The minimum atomic E-state index is -1.25. The monoisotopic (exact) mass is 647 g/mol. The van der Waals surface area contributed by atoms with Crippen LogP contribution in [-0.2, 0) is 30.4 Å². The van der Waals surface area contributed by atoms with Gasteiger partial charge in [0.05, 0.1) is 6.04 Å². The van der Waals surface area contributed by atoms with Crippen LogP contribution in [0.4, 0.5) is 0 Å². The summed E-state index contributed by atoms with van der Waals surface area (Å²) in [5.41, 5.74) is 17.7. The van der Waals surface area contributed by atoms with Crippen LogP contribution in [0.2, 0.25) is 0 Å². The molecule has 17 heteroatoms. The Balaban J connectivity index is 3.15. The second kappa shape index (κ2) is 20.9. The van der Waals surface area contributed by atoms with E-state index >= 15 is 0 Å². The van der Waals surface area contributed by atoms with Crippen molar-refractivity contribution in [1.82, 2.24) is 31.9 Å². The molecule has 4 amide bonds. The molecule has 0 saturated carbocycles. The predicted octanol–water partition coefficient (Wildman–Crippen LogP) is -2.22. The van der Waals surface area contributed by atoms with Gasteiger partial charge in [0.25, 0.3) is 0 Å². The molecule has 256 valence electrons. The first-order valence-corrected chi connectivity index (χ1v) is 15.1. The molecule has 0 saturated heterocycles. The molecule has 0 radical (unpaired) electrons. The fraction of sp³-hybridized carbons (Fsp3) is 0.552. The van der Waals surface area contributed by atoms with Crippen LogP contribution in [-0.4, -0.2) is 90.4 Å². The molecule has 0 aliphatic rings. The van der Waals surface area contributed by atoms with Crippen LogP contribution in [0.1, 0.15) is 51.5 Å². The van der Waals surface area contributed by atoms with Gasteiger partial charge < -0.3 is 54.2 Å². The first-order chi connectivity index (χ1) is 21.7. The van der Waals surface area contributed by atoms with Crippen molar-refractivity contribution in [1.29, 1.82) is 10.8 Å². The summed E-state index contributed by atoms with van der Waals surface area (Å²) in [4.78, 5) is 63.7. The maximum Gasteiger partial charge on any atom is 0.322 e. The van der Waals surface area contributed by atoms with Gasteiger partial charge in [-0.3, -0.25) is 34.8 Å². The smallest absolute Gasteiger partial charge is 0.322 e. The summed E-state index contributed by atoms with van der Waals surface area (Å²) in [6, 6.07) is 4.79. The van der Waals surface area contributed by atoms with Crippen molar-refractivity contribution in [3.63, 3.8) is 0 Å². The van der Waals surface area contributed by atoms with Gasteiger partial charge in [-0.15, -0.1) is 0 Å². The fourth-order valence-corrected chi connectivity index (χ4v) is 4.37. The molecular formula is C29H49N11O6. The van der Waals surface area contributed by atoms with E-state index in [1.54, 1.807) is 0 Å². The predicted molar refractivity (Wildman–Crippen MR) is 172 cm³/mol. The van der Waals surface area contributed by atoms with Crippen molar-refractivity contribution in [3.05, 3.63) is 35.9 Å². The summed E-state index contributed by atoms with van der Waals surface area (Å²) in [5.74, 6) is -4.47. The standard InChI is InChI=1S/C29H49N11O6/c1-17(2)14-22(25(44)37-16-23(41)42)40-27(46)21(11-7-13-36-29(33)34)39-26(45)20(10-6-12-35-28(31)32)38-24(43)19(30)15-18-8-4-3-5-9-18/h3-5,8-9,17,19-22H,6-7,10-16,30H2,1-2H3,(H,37,44)(H,38,43)(H,39,45)(H,40,46)(H,41,42)(H4,31,32,35)(H4,33,34,36)/t19-,20-,21-,22-/m0/s1. The SMILES string of the molecule is CC(C)C[C@H](NC(=O)[C@H](CCCNC(=N)N)NC(=O)[C@H](CCCNC(=N)N)NC(=O)[C@@H](N)Cc1ccccc1)C(=O)NCC(=O)O. The van der Waals surface area contributed by atoms with Crippen LogP contribution in [0, 0.1) is 16.7 Å². The minimum Gasteiger partial charge on any atom is -0.480 e. The van der Waals surface area contributed by atoms with Crippen LogP contribution in [0.5, 0.6) is 0 Å². The Bertz CT molecular complexity index is 1180. The zero-order valence-electron chi connectivity index (χ0n) is 26.4. The number of nitrogens with two attached hydrogens (primary N) is 3. The lowest BCUT2D eigenvalue weighted by atomic mass is 10.0. The molecule has 0 fully saturated rings. The number of rotatable bonds is 21. The van der Waals surface area contributed by atoms with Crippen molar-refractivity contribution >= 4 is 41.5 Å². The maximum absolute atomic E-state index is 13.6. The van der Waals surface area contributed by atoms with Gasteiger partial charge in [-0.25, -0.2) is 0 Å². The molecule has 15 N–H and O–H groups in total. The van der Waals surface area contributed by atoms with Gasteiger partial charge in [0.15, 0.2) is 11.9 Å². The molecule has 17 nitrogen and oxygen atoms in total. The number of nitrogens with one attached hydrogen (secondary N) is 8. The normalized spacial score (nSPS) is 13.3. The van der Waals surface area contributed by atoms with Crippen molar-refractivity contribution in [2.75, 3.05) is 19.6 Å². The lowest BCUT2D eigenvalue weighted by Gasteiger charge is -2.26. The molecule has 0 aromatic heterocycles. The average Bonchev–Trinajstić information content (AvgIpc) is 2.98. The number of benzene rings is 1. The second-order valence-electron chi connectivity index (χ2n) is 11.2. The van der Waals surface area contributed by atoms with Gasteiger partial charge in [-0.2, -0.15) is 0 Å². The van der Waals surface area contributed by atoms with Crippen molar-refractivity contribution in [2.24, 2.45) is 23.1 Å². The van der Waals surface area contributed by atoms with E-state index in [9.17, 15) is 24.0 Å². The Hall–Kier alpha value is -4.93. The van der Waals surface area contributed by atoms with Crippen LogP contribution >= 0.6 is 0 Å². The lowest BCUT2D eigenvalue weighted by molar-refractivity contribution is -0.138. The zero-order valence-corrected chi connectivity index (χ0v) is 26.4. The Kier molecular flexibility index (Phi) is 17.8. The van der Waals surface area contributed by atoms with Gasteiger partial charge >= 0.3 is 5.97 Å². The van der Waals surface area contributed by atoms with E-state index in [2.05, 4.69) is 31.9 Å². The summed E-state index contributed by atoms with van der Waals surface area (Å²) in [6.07, 6.45) is 1.23. The Morgan fingerprint density at radius 2 is 1.22 bits per heavy atom. The van der Waals surface area contributed by atoms with Crippen molar-refractivity contribution < 1.29 is 29.1 Å². The number of hydrogen-bond acceptors (Lipinski definition) is 8. The van der Waals surface area contributed by atoms with Gasteiger partial charge in [0.2, 0.25) is 23.6 Å². The first kappa shape index (κ1) is 39.1. The topological polar surface area (TPSA) is 304 Å². The van der Waals surface area contributed by atoms with Gasteiger partial charge in [-0.05, 0) is 50.0 Å². The summed E-state index contributed by atoms with van der Waals surface area (Å²) in [7, 11) is 0. The third-order valence-corrected chi connectivity index (χ3v) is 6.63. The Labute approximate surface area is 268 Å². The first-order valence-electron chi connectivity index (χ1n) is 15.1. The average molecular weight is 648 g/mol. The molecule has 46 heavy (non-hydrogen) atoms. The highest BCUT2D eigenvalue weighted by Crippen LogP contribution is 2.09. The molecule has 0 aliphatic carbocycles. The van der Waals surface area contributed by atoms with Crippen molar-refractivity contribution in [2.45, 2.75) is 76.5 Å². The number of hydrogen-bond donors (Lipinski definition) is 12. The van der Waals surface area contributed by atoms with E-state index in [1.165, 1.54) is 0 Å². The fourth-order valence-electron chi connectivity index (χ4n) is 4.37. The zero-order chi connectivity index (χ0) is 34.6. The summed E-state index contributed by atoms with van der Waals surface area (Å²) < 4.78 is 0. The molecule has 1 aromatic carbocycles. The second-order valence-corrected chi connectivity index (χ2v) is 11.2. The van der Waals surface area contributed by atoms with Crippen LogP contribution in [0.25, 0.3) is 0 Å². The van der Waals surface area contributed by atoms with Crippen LogP contribution < -0.4 is 49.1 Å². The number of amides is 4. The highest BCUT2D eigenvalue weighted by molar-refractivity contribution is 5.95. The minimum absolute atomic E-state index is 0.0445. The van der Waals surface area contributed by atoms with Gasteiger partial charge in [0.1, 0.15) is 24.7 Å². The number of carboxylic acid groups (broad SMARTS) is 1. The molecule has 0 unspecified atom stereocenters. The number of guanidine groups is 2. The van der Waals surface area contributed by atoms with Crippen LogP contribution in [0.15, 0.2) is 30.3 Å². The highest BCUT2D eigenvalue weighted by atomic mass is 16.4. The number of carboxylic acids is 1. The molecule has 0 heterocycles. The molecule has 0 aliphatic heterocycles. The quantitative estimate of drug-likeness (QED) is 0.0385. The van der Waals surface area contributed by atoms with E-state index in [4.69, 9.17) is 33.1 Å². The van der Waals surface area contributed by atoms with E-state index in [0.717, 1.165) is 5.56 Å².